The van der Waals surface area contributed by atoms with Crippen LogP contribution in [0.3, 0.4) is 0 Å². The molecule has 11 rings (SSSR count). The van der Waals surface area contributed by atoms with Crippen molar-refractivity contribution in [2.45, 2.75) is 0 Å². The number of hydrogen-bond acceptors (Lipinski definition) is 4. The highest BCUT2D eigenvalue weighted by atomic mass is 32.1. The molecule has 0 fully saturated rings. The van der Waals surface area contributed by atoms with E-state index in [4.69, 9.17) is 14.4 Å². The number of furan rings is 1. The van der Waals surface area contributed by atoms with Crippen LogP contribution < -0.4 is 0 Å². The van der Waals surface area contributed by atoms with Crippen molar-refractivity contribution < 1.29 is 4.42 Å². The molecule has 3 nitrogen and oxygen atoms in total. The van der Waals surface area contributed by atoms with Crippen molar-refractivity contribution in [1.82, 2.24) is 9.97 Å². The molecule has 0 aliphatic heterocycles. The molecule has 262 valence electrons. The first-order chi connectivity index (χ1) is 27.7. The van der Waals surface area contributed by atoms with E-state index in [1.165, 1.54) is 31.3 Å². The molecule has 8 aromatic carbocycles. The fraction of sp³-hybridized carbons (Fsp3) is 0. The maximum absolute atomic E-state index is 6.19. The van der Waals surface area contributed by atoms with E-state index in [-0.39, 0.29) is 0 Å². The number of rotatable bonds is 6. The van der Waals surface area contributed by atoms with E-state index in [1.807, 2.05) is 41.7 Å². The molecule has 0 amide bonds. The van der Waals surface area contributed by atoms with Crippen LogP contribution in [0, 0.1) is 0 Å². The molecule has 11 aromatic rings. The standard InChI is InChI=1S/C52H32N2OS/c1-3-12-33(13-4-1)38-28-39(37-26-27-49-45(31-37)42-16-7-9-20-48(42)55-49)30-40(29-38)47-32-46(53-52(54-47)36-14-5-2-6-15-36)35-24-22-34(23-25-35)41-18-11-19-44-43-17-8-10-21-50(43)56-51(41)44/h1-32H. The largest absolute Gasteiger partial charge is 0.456 e. The first-order valence-electron chi connectivity index (χ1n) is 18.8. The predicted octanol–water partition coefficient (Wildman–Crippen LogP) is 14.7. The van der Waals surface area contributed by atoms with Crippen LogP contribution in [0.15, 0.2) is 199 Å². The number of thiophene rings is 1. The lowest BCUT2D eigenvalue weighted by molar-refractivity contribution is 0.669. The normalized spacial score (nSPS) is 11.6. The van der Waals surface area contributed by atoms with Crippen LogP contribution in [-0.2, 0) is 0 Å². The van der Waals surface area contributed by atoms with E-state index >= 15 is 0 Å². The average molecular weight is 733 g/mol. The van der Waals surface area contributed by atoms with Gasteiger partial charge in [0.05, 0.1) is 11.4 Å². The molecule has 0 saturated carbocycles. The van der Waals surface area contributed by atoms with Gasteiger partial charge < -0.3 is 4.42 Å². The first kappa shape index (κ1) is 32.3. The van der Waals surface area contributed by atoms with Gasteiger partial charge in [0, 0.05) is 47.6 Å². The molecular weight excluding hydrogens is 701 g/mol. The van der Waals surface area contributed by atoms with Crippen molar-refractivity contribution in [3.63, 3.8) is 0 Å². The molecule has 0 aliphatic rings. The fourth-order valence-corrected chi connectivity index (χ4v) is 9.14. The Morgan fingerprint density at radius 1 is 0.339 bits per heavy atom. The molecule has 0 spiro atoms. The second-order valence-electron chi connectivity index (χ2n) is 14.2. The summed E-state index contributed by atoms with van der Waals surface area (Å²) in [5.74, 6) is 0.690. The molecule has 0 radical (unpaired) electrons. The van der Waals surface area contributed by atoms with Crippen LogP contribution in [-0.4, -0.2) is 9.97 Å². The number of para-hydroxylation sites is 1. The number of hydrogen-bond donors (Lipinski definition) is 0. The summed E-state index contributed by atoms with van der Waals surface area (Å²) in [7, 11) is 0. The maximum Gasteiger partial charge on any atom is 0.160 e. The molecule has 4 heteroatoms. The molecule has 0 atom stereocenters. The van der Waals surface area contributed by atoms with E-state index in [0.29, 0.717) is 5.82 Å². The van der Waals surface area contributed by atoms with Crippen molar-refractivity contribution in [2.75, 3.05) is 0 Å². The van der Waals surface area contributed by atoms with Gasteiger partial charge in [-0.25, -0.2) is 9.97 Å². The summed E-state index contributed by atoms with van der Waals surface area (Å²) in [6, 6.07) is 68.6. The molecule has 0 bridgehead atoms. The lowest BCUT2D eigenvalue weighted by atomic mass is 9.94. The van der Waals surface area contributed by atoms with Crippen molar-refractivity contribution in [1.29, 1.82) is 0 Å². The van der Waals surface area contributed by atoms with Crippen molar-refractivity contribution in [3.8, 4) is 67.3 Å². The molecule has 0 saturated heterocycles. The van der Waals surface area contributed by atoms with Crippen LogP contribution in [0.25, 0.3) is 109 Å². The summed E-state index contributed by atoms with van der Waals surface area (Å²) < 4.78 is 8.81. The highest BCUT2D eigenvalue weighted by Gasteiger charge is 2.16. The minimum Gasteiger partial charge on any atom is -0.456 e. The monoisotopic (exact) mass is 732 g/mol. The van der Waals surface area contributed by atoms with E-state index in [1.54, 1.807) is 0 Å². The summed E-state index contributed by atoms with van der Waals surface area (Å²) in [5.41, 5.74) is 13.5. The van der Waals surface area contributed by atoms with E-state index in [0.717, 1.165) is 72.3 Å². The summed E-state index contributed by atoms with van der Waals surface area (Å²) in [4.78, 5) is 10.4. The Morgan fingerprint density at radius 3 is 1.73 bits per heavy atom. The minimum absolute atomic E-state index is 0.690. The van der Waals surface area contributed by atoms with Crippen LogP contribution >= 0.6 is 11.3 Å². The third kappa shape index (κ3) is 5.67. The van der Waals surface area contributed by atoms with Gasteiger partial charge in [0.15, 0.2) is 5.82 Å². The second-order valence-corrected chi connectivity index (χ2v) is 15.2. The average Bonchev–Trinajstić information content (AvgIpc) is 3.85. The Morgan fingerprint density at radius 2 is 0.929 bits per heavy atom. The van der Waals surface area contributed by atoms with E-state index in [9.17, 15) is 0 Å². The third-order valence-electron chi connectivity index (χ3n) is 10.7. The van der Waals surface area contributed by atoms with Crippen LogP contribution in [0.1, 0.15) is 0 Å². The smallest absolute Gasteiger partial charge is 0.160 e. The van der Waals surface area contributed by atoms with Gasteiger partial charge in [-0.05, 0) is 81.9 Å². The highest BCUT2D eigenvalue weighted by molar-refractivity contribution is 7.26. The lowest BCUT2D eigenvalue weighted by Gasteiger charge is -2.13. The zero-order valence-electron chi connectivity index (χ0n) is 30.2. The third-order valence-corrected chi connectivity index (χ3v) is 11.9. The predicted molar refractivity (Wildman–Crippen MR) is 235 cm³/mol. The summed E-state index contributed by atoms with van der Waals surface area (Å²) >= 11 is 1.86. The number of aromatic nitrogens is 2. The van der Waals surface area contributed by atoms with Gasteiger partial charge in [0.25, 0.3) is 0 Å². The highest BCUT2D eigenvalue weighted by Crippen LogP contribution is 2.41. The van der Waals surface area contributed by atoms with Crippen LogP contribution in [0.5, 0.6) is 0 Å². The molecule has 0 aliphatic carbocycles. The molecule has 3 aromatic heterocycles. The fourth-order valence-electron chi connectivity index (χ4n) is 7.90. The van der Waals surface area contributed by atoms with E-state index < -0.39 is 0 Å². The van der Waals surface area contributed by atoms with Gasteiger partial charge in [-0.3, -0.25) is 0 Å². The van der Waals surface area contributed by atoms with Crippen molar-refractivity contribution >= 4 is 53.4 Å². The van der Waals surface area contributed by atoms with Gasteiger partial charge in [0.1, 0.15) is 11.2 Å². The number of fused-ring (bicyclic) bond motifs is 6. The topological polar surface area (TPSA) is 38.9 Å². The molecule has 3 heterocycles. The molecular formula is C52H32N2OS. The van der Waals surface area contributed by atoms with Crippen molar-refractivity contribution in [2.24, 2.45) is 0 Å². The second kappa shape index (κ2) is 13.3. The van der Waals surface area contributed by atoms with Crippen molar-refractivity contribution in [3.05, 3.63) is 194 Å². The van der Waals surface area contributed by atoms with E-state index in [2.05, 4.69) is 164 Å². The zero-order chi connectivity index (χ0) is 37.0. The molecule has 0 unspecified atom stereocenters. The van der Waals surface area contributed by atoms with Gasteiger partial charge >= 0.3 is 0 Å². The SMILES string of the molecule is c1ccc(-c2cc(-c3ccc4oc5ccccc5c4c3)cc(-c3cc(-c4ccc(-c5cccc6c5sc5ccccc56)cc4)nc(-c4ccccc4)n3)c2)cc1. The minimum atomic E-state index is 0.690. The molecule has 0 N–H and O–H groups in total. The van der Waals surface area contributed by atoms with Gasteiger partial charge in [0.2, 0.25) is 0 Å². The van der Waals surface area contributed by atoms with Crippen LogP contribution in [0.2, 0.25) is 0 Å². The van der Waals surface area contributed by atoms with Gasteiger partial charge in [-0.1, -0.05) is 146 Å². The van der Waals surface area contributed by atoms with Crippen LogP contribution in [0.4, 0.5) is 0 Å². The Kier molecular flexibility index (Phi) is 7.68. The summed E-state index contributed by atoms with van der Waals surface area (Å²) in [5, 5.41) is 4.83. The van der Waals surface area contributed by atoms with Gasteiger partial charge in [-0.2, -0.15) is 0 Å². The lowest BCUT2D eigenvalue weighted by Crippen LogP contribution is -1.96. The Bertz CT molecular complexity index is 3240. The Balaban J connectivity index is 1.06. The Hall–Kier alpha value is -7.14. The summed E-state index contributed by atoms with van der Waals surface area (Å²) in [6.07, 6.45) is 0. The first-order valence-corrected chi connectivity index (χ1v) is 19.6. The number of benzene rings is 8. The number of nitrogens with zero attached hydrogens (tertiary/aromatic N) is 2. The molecule has 56 heavy (non-hydrogen) atoms. The zero-order valence-corrected chi connectivity index (χ0v) is 31.0. The van der Waals surface area contributed by atoms with Gasteiger partial charge in [-0.15, -0.1) is 11.3 Å². The maximum atomic E-state index is 6.19. The summed E-state index contributed by atoms with van der Waals surface area (Å²) in [6.45, 7) is 0. The quantitative estimate of drug-likeness (QED) is 0.171. The Labute approximate surface area is 327 Å².